The van der Waals surface area contributed by atoms with Crippen LogP contribution in [0.1, 0.15) is 57.6 Å². The SMILES string of the molecule is CC1=C(/C=C\C(C)C)c2c(N)cccc2C12CCCC2. The van der Waals surface area contributed by atoms with Crippen molar-refractivity contribution in [2.24, 2.45) is 5.92 Å². The van der Waals surface area contributed by atoms with Crippen LogP contribution >= 0.6 is 0 Å². The highest BCUT2D eigenvalue weighted by Gasteiger charge is 2.44. The van der Waals surface area contributed by atoms with Gasteiger partial charge in [-0.15, -0.1) is 0 Å². The summed E-state index contributed by atoms with van der Waals surface area (Å²) in [5.41, 5.74) is 13.2. The summed E-state index contributed by atoms with van der Waals surface area (Å²) in [6, 6.07) is 6.47. The van der Waals surface area contributed by atoms with E-state index in [0.29, 0.717) is 5.92 Å². The number of allylic oxidation sites excluding steroid dienone is 4. The molecule has 20 heavy (non-hydrogen) atoms. The second-order valence-electron chi connectivity index (χ2n) is 6.70. The maximum Gasteiger partial charge on any atom is 0.0396 e. The zero-order valence-electron chi connectivity index (χ0n) is 12.9. The van der Waals surface area contributed by atoms with Crippen molar-refractivity contribution in [1.82, 2.24) is 0 Å². The summed E-state index contributed by atoms with van der Waals surface area (Å²) in [6.45, 7) is 6.77. The molecule has 0 radical (unpaired) electrons. The van der Waals surface area contributed by atoms with Crippen molar-refractivity contribution in [3.63, 3.8) is 0 Å². The van der Waals surface area contributed by atoms with Crippen molar-refractivity contribution in [3.05, 3.63) is 47.1 Å². The Kier molecular flexibility index (Phi) is 3.24. The minimum atomic E-state index is 0.279. The fraction of sp³-hybridized carbons (Fsp3) is 0.474. The molecular weight excluding hydrogens is 242 g/mol. The van der Waals surface area contributed by atoms with Gasteiger partial charge in [-0.25, -0.2) is 0 Å². The van der Waals surface area contributed by atoms with Gasteiger partial charge in [-0.2, -0.15) is 0 Å². The minimum absolute atomic E-state index is 0.279. The van der Waals surface area contributed by atoms with Gasteiger partial charge in [0.25, 0.3) is 0 Å². The largest absolute Gasteiger partial charge is 0.398 e. The van der Waals surface area contributed by atoms with Gasteiger partial charge in [0.05, 0.1) is 0 Å². The lowest BCUT2D eigenvalue weighted by Gasteiger charge is -2.27. The molecule has 3 rings (SSSR count). The van der Waals surface area contributed by atoms with Crippen molar-refractivity contribution in [1.29, 1.82) is 0 Å². The van der Waals surface area contributed by atoms with Crippen LogP contribution in [-0.4, -0.2) is 0 Å². The Morgan fingerprint density at radius 2 is 1.90 bits per heavy atom. The predicted octanol–water partition coefficient (Wildman–Crippen LogP) is 5.08. The first kappa shape index (κ1) is 13.5. The van der Waals surface area contributed by atoms with E-state index in [0.717, 1.165) is 5.69 Å². The molecule has 106 valence electrons. The number of nitrogens with two attached hydrogens (primary N) is 1. The number of benzene rings is 1. The van der Waals surface area contributed by atoms with E-state index in [-0.39, 0.29) is 5.41 Å². The molecule has 1 aromatic carbocycles. The van der Waals surface area contributed by atoms with Gasteiger partial charge in [0, 0.05) is 16.7 Å². The van der Waals surface area contributed by atoms with Crippen LogP contribution in [0.5, 0.6) is 0 Å². The van der Waals surface area contributed by atoms with E-state index in [1.54, 1.807) is 5.57 Å². The third kappa shape index (κ3) is 1.83. The van der Waals surface area contributed by atoms with Gasteiger partial charge in [0.15, 0.2) is 0 Å². The van der Waals surface area contributed by atoms with Crippen molar-refractivity contribution in [2.75, 3.05) is 5.73 Å². The van der Waals surface area contributed by atoms with Gasteiger partial charge >= 0.3 is 0 Å². The Labute approximate surface area is 122 Å². The van der Waals surface area contributed by atoms with E-state index in [1.807, 2.05) is 6.07 Å². The number of rotatable bonds is 2. The summed E-state index contributed by atoms with van der Waals surface area (Å²) in [6.07, 6.45) is 9.85. The fourth-order valence-electron chi connectivity index (χ4n) is 4.04. The highest BCUT2D eigenvalue weighted by molar-refractivity contribution is 5.91. The van der Waals surface area contributed by atoms with Gasteiger partial charge in [0.1, 0.15) is 0 Å². The van der Waals surface area contributed by atoms with E-state index >= 15 is 0 Å². The smallest absolute Gasteiger partial charge is 0.0396 e. The average Bonchev–Trinajstić information content (AvgIpc) is 2.97. The van der Waals surface area contributed by atoms with Gasteiger partial charge < -0.3 is 5.73 Å². The van der Waals surface area contributed by atoms with Crippen molar-refractivity contribution in [3.8, 4) is 0 Å². The molecule has 0 heterocycles. The van der Waals surface area contributed by atoms with Crippen LogP contribution in [0.25, 0.3) is 5.57 Å². The van der Waals surface area contributed by atoms with E-state index in [4.69, 9.17) is 5.73 Å². The highest BCUT2D eigenvalue weighted by Crippen LogP contribution is 2.56. The highest BCUT2D eigenvalue weighted by atomic mass is 14.6. The Hall–Kier alpha value is -1.50. The molecule has 2 aliphatic rings. The van der Waals surface area contributed by atoms with E-state index in [1.165, 1.54) is 42.4 Å². The van der Waals surface area contributed by atoms with E-state index < -0.39 is 0 Å². The number of nitrogen functional groups attached to an aromatic ring is 1. The van der Waals surface area contributed by atoms with Crippen LogP contribution in [0.15, 0.2) is 35.9 Å². The molecule has 0 bridgehead atoms. The molecule has 1 fully saturated rings. The molecule has 0 atom stereocenters. The first-order valence-corrected chi connectivity index (χ1v) is 7.85. The fourth-order valence-corrected chi connectivity index (χ4v) is 4.04. The standard InChI is InChI=1S/C19H25N/c1-13(2)9-10-15-14(3)19(11-4-5-12-19)16-7-6-8-17(20)18(15)16/h6-10,13H,4-5,11-12,20H2,1-3H3/b10-9-. The average molecular weight is 267 g/mol. The molecule has 1 nitrogen and oxygen atoms in total. The van der Waals surface area contributed by atoms with E-state index in [2.05, 4.69) is 45.1 Å². The van der Waals surface area contributed by atoms with Crippen LogP contribution in [0, 0.1) is 5.92 Å². The molecule has 0 aromatic heterocycles. The summed E-state index contributed by atoms with van der Waals surface area (Å²) in [7, 11) is 0. The quantitative estimate of drug-likeness (QED) is 0.743. The molecule has 0 saturated heterocycles. The summed E-state index contributed by atoms with van der Waals surface area (Å²) >= 11 is 0. The molecule has 1 aromatic rings. The zero-order chi connectivity index (χ0) is 14.3. The Morgan fingerprint density at radius 3 is 2.55 bits per heavy atom. The zero-order valence-corrected chi connectivity index (χ0v) is 12.9. The van der Waals surface area contributed by atoms with Gasteiger partial charge in [-0.1, -0.05) is 56.5 Å². The Balaban J connectivity index is 2.20. The monoisotopic (exact) mass is 267 g/mol. The van der Waals surface area contributed by atoms with Crippen LogP contribution in [-0.2, 0) is 5.41 Å². The summed E-state index contributed by atoms with van der Waals surface area (Å²) in [4.78, 5) is 0. The topological polar surface area (TPSA) is 26.0 Å². The first-order valence-electron chi connectivity index (χ1n) is 7.85. The van der Waals surface area contributed by atoms with Crippen LogP contribution in [0.2, 0.25) is 0 Å². The predicted molar refractivity (Wildman–Crippen MR) is 87.6 cm³/mol. The number of anilines is 1. The van der Waals surface area contributed by atoms with Crippen LogP contribution < -0.4 is 5.73 Å². The normalized spacial score (nSPS) is 20.6. The molecule has 1 saturated carbocycles. The number of hydrogen-bond acceptors (Lipinski definition) is 1. The van der Waals surface area contributed by atoms with Crippen LogP contribution in [0.4, 0.5) is 5.69 Å². The van der Waals surface area contributed by atoms with Gasteiger partial charge in [-0.05, 0) is 42.9 Å². The van der Waals surface area contributed by atoms with Crippen molar-refractivity contribution in [2.45, 2.75) is 51.9 Å². The van der Waals surface area contributed by atoms with Crippen molar-refractivity contribution < 1.29 is 0 Å². The van der Waals surface area contributed by atoms with Crippen molar-refractivity contribution >= 4 is 11.3 Å². The molecule has 2 N–H and O–H groups in total. The molecule has 1 spiro atoms. The summed E-state index contributed by atoms with van der Waals surface area (Å²) in [5.74, 6) is 0.573. The molecule has 1 heteroatoms. The Bertz CT molecular complexity index is 584. The lowest BCUT2D eigenvalue weighted by molar-refractivity contribution is 0.534. The molecule has 0 unspecified atom stereocenters. The molecular formula is C19H25N. The number of fused-ring (bicyclic) bond motifs is 2. The molecule has 0 aliphatic heterocycles. The Morgan fingerprint density at radius 1 is 1.20 bits per heavy atom. The second kappa shape index (κ2) is 4.80. The molecule has 0 amide bonds. The molecule has 2 aliphatic carbocycles. The summed E-state index contributed by atoms with van der Waals surface area (Å²) < 4.78 is 0. The third-order valence-corrected chi connectivity index (χ3v) is 5.11. The van der Waals surface area contributed by atoms with Gasteiger partial charge in [-0.3, -0.25) is 0 Å². The van der Waals surface area contributed by atoms with Gasteiger partial charge in [0.2, 0.25) is 0 Å². The summed E-state index contributed by atoms with van der Waals surface area (Å²) in [5, 5.41) is 0. The first-order chi connectivity index (χ1) is 9.56. The maximum atomic E-state index is 6.31. The number of hydrogen-bond donors (Lipinski definition) is 1. The third-order valence-electron chi connectivity index (χ3n) is 5.11. The lowest BCUT2D eigenvalue weighted by atomic mass is 9.76. The minimum Gasteiger partial charge on any atom is -0.398 e. The second-order valence-corrected chi connectivity index (χ2v) is 6.70. The maximum absolute atomic E-state index is 6.31. The van der Waals surface area contributed by atoms with Crippen LogP contribution in [0.3, 0.4) is 0 Å². The lowest BCUT2D eigenvalue weighted by Crippen LogP contribution is -2.20. The van der Waals surface area contributed by atoms with E-state index in [9.17, 15) is 0 Å².